The molecule has 2 aromatic heterocycles. The second kappa shape index (κ2) is 4.86. The summed E-state index contributed by atoms with van der Waals surface area (Å²) in [5.41, 5.74) is 3.32. The molecule has 3 heteroatoms. The Hall–Kier alpha value is -2.13. The summed E-state index contributed by atoms with van der Waals surface area (Å²) in [7, 11) is 1.95. The Kier molecular flexibility index (Phi) is 3.05. The van der Waals surface area contributed by atoms with Gasteiger partial charge in [0.15, 0.2) is 0 Å². The SMILES string of the molecule is CNC(c1cnc2ccccc2c1)c1ccoc1C. The van der Waals surface area contributed by atoms with Crippen LogP contribution in [0.4, 0.5) is 0 Å². The average Bonchev–Trinajstić information content (AvgIpc) is 2.86. The van der Waals surface area contributed by atoms with E-state index in [0.717, 1.165) is 27.8 Å². The summed E-state index contributed by atoms with van der Waals surface area (Å²) in [6.45, 7) is 1.98. The lowest BCUT2D eigenvalue weighted by molar-refractivity contribution is 0.523. The van der Waals surface area contributed by atoms with Crippen LogP contribution in [-0.4, -0.2) is 12.0 Å². The van der Waals surface area contributed by atoms with Crippen LogP contribution in [0.3, 0.4) is 0 Å². The number of para-hydroxylation sites is 1. The molecule has 0 bridgehead atoms. The van der Waals surface area contributed by atoms with Gasteiger partial charge in [0.25, 0.3) is 0 Å². The van der Waals surface area contributed by atoms with E-state index in [0.29, 0.717) is 0 Å². The number of aromatic nitrogens is 1. The number of rotatable bonds is 3. The van der Waals surface area contributed by atoms with Crippen LogP contribution in [0.5, 0.6) is 0 Å². The first-order valence-electron chi connectivity index (χ1n) is 6.35. The highest BCUT2D eigenvalue weighted by molar-refractivity contribution is 5.79. The summed E-state index contributed by atoms with van der Waals surface area (Å²) in [6.07, 6.45) is 3.65. The van der Waals surface area contributed by atoms with Crippen LogP contribution in [0.25, 0.3) is 10.9 Å². The molecule has 0 aliphatic heterocycles. The minimum Gasteiger partial charge on any atom is -0.469 e. The lowest BCUT2D eigenvalue weighted by Crippen LogP contribution is -2.18. The normalized spacial score (nSPS) is 12.7. The Labute approximate surface area is 112 Å². The number of aryl methyl sites for hydroxylation is 1. The van der Waals surface area contributed by atoms with Crippen LogP contribution < -0.4 is 5.32 Å². The number of hydrogen-bond donors (Lipinski definition) is 1. The number of nitrogens with zero attached hydrogens (tertiary/aromatic N) is 1. The summed E-state index contributed by atoms with van der Waals surface area (Å²) < 4.78 is 5.40. The first-order chi connectivity index (χ1) is 9.29. The van der Waals surface area contributed by atoms with Gasteiger partial charge in [-0.15, -0.1) is 0 Å². The third kappa shape index (κ3) is 2.13. The third-order valence-electron chi connectivity index (χ3n) is 3.44. The first-order valence-corrected chi connectivity index (χ1v) is 6.35. The number of benzene rings is 1. The van der Waals surface area contributed by atoms with Crippen LogP contribution in [-0.2, 0) is 0 Å². The predicted molar refractivity (Wildman–Crippen MR) is 76.1 cm³/mol. The van der Waals surface area contributed by atoms with Gasteiger partial charge in [-0.2, -0.15) is 0 Å². The zero-order valence-corrected chi connectivity index (χ0v) is 11.1. The summed E-state index contributed by atoms with van der Waals surface area (Å²) in [5.74, 6) is 0.938. The fourth-order valence-corrected chi connectivity index (χ4v) is 2.44. The number of nitrogens with one attached hydrogen (secondary N) is 1. The van der Waals surface area contributed by atoms with Crippen molar-refractivity contribution in [1.29, 1.82) is 0 Å². The molecule has 1 unspecified atom stereocenters. The van der Waals surface area contributed by atoms with Crippen molar-refractivity contribution in [2.45, 2.75) is 13.0 Å². The van der Waals surface area contributed by atoms with E-state index in [1.54, 1.807) is 6.26 Å². The quantitative estimate of drug-likeness (QED) is 0.776. The van der Waals surface area contributed by atoms with Crippen molar-refractivity contribution < 1.29 is 4.42 Å². The van der Waals surface area contributed by atoms with Gasteiger partial charge in [-0.25, -0.2) is 0 Å². The topological polar surface area (TPSA) is 38.1 Å². The van der Waals surface area contributed by atoms with Crippen LogP contribution in [0.15, 0.2) is 53.3 Å². The second-order valence-electron chi connectivity index (χ2n) is 4.62. The van der Waals surface area contributed by atoms with Gasteiger partial charge in [-0.1, -0.05) is 18.2 Å². The molecule has 0 aliphatic carbocycles. The van der Waals surface area contributed by atoms with Gasteiger partial charge in [0.1, 0.15) is 5.76 Å². The molecule has 3 aromatic rings. The zero-order valence-electron chi connectivity index (χ0n) is 11.1. The molecule has 3 rings (SSSR count). The molecule has 19 heavy (non-hydrogen) atoms. The fourth-order valence-electron chi connectivity index (χ4n) is 2.44. The minimum absolute atomic E-state index is 0.107. The molecule has 1 N–H and O–H groups in total. The maximum absolute atomic E-state index is 5.40. The van der Waals surface area contributed by atoms with E-state index in [-0.39, 0.29) is 6.04 Å². The highest BCUT2D eigenvalue weighted by Gasteiger charge is 2.16. The van der Waals surface area contributed by atoms with Gasteiger partial charge in [0, 0.05) is 17.1 Å². The Morgan fingerprint density at radius 1 is 1.21 bits per heavy atom. The van der Waals surface area contributed by atoms with E-state index in [2.05, 4.69) is 22.4 Å². The Morgan fingerprint density at radius 3 is 2.79 bits per heavy atom. The highest BCUT2D eigenvalue weighted by Crippen LogP contribution is 2.26. The van der Waals surface area contributed by atoms with E-state index in [9.17, 15) is 0 Å². The Balaban J connectivity index is 2.09. The standard InChI is InChI=1S/C16H16N2O/c1-11-14(7-8-19-11)16(17-2)13-9-12-5-3-4-6-15(12)18-10-13/h3-10,16-17H,1-2H3. The molecule has 96 valence electrons. The third-order valence-corrected chi connectivity index (χ3v) is 3.44. The molecular weight excluding hydrogens is 236 g/mol. The molecule has 0 saturated carbocycles. The first kappa shape index (κ1) is 11.9. The lowest BCUT2D eigenvalue weighted by Gasteiger charge is -2.16. The predicted octanol–water partition coefficient (Wildman–Crippen LogP) is 3.45. The molecule has 0 saturated heterocycles. The number of fused-ring (bicyclic) bond motifs is 1. The van der Waals surface area contributed by atoms with Gasteiger partial charge in [0.05, 0.1) is 17.8 Å². The van der Waals surface area contributed by atoms with Crippen molar-refractivity contribution in [2.75, 3.05) is 7.05 Å². The van der Waals surface area contributed by atoms with Crippen LogP contribution >= 0.6 is 0 Å². The molecule has 0 spiro atoms. The smallest absolute Gasteiger partial charge is 0.105 e. The summed E-state index contributed by atoms with van der Waals surface area (Å²) in [5, 5.41) is 4.48. The molecule has 1 aromatic carbocycles. The molecule has 2 heterocycles. The molecular formula is C16H16N2O. The van der Waals surface area contributed by atoms with Gasteiger partial charge in [-0.3, -0.25) is 4.98 Å². The van der Waals surface area contributed by atoms with Crippen LogP contribution in [0.2, 0.25) is 0 Å². The van der Waals surface area contributed by atoms with E-state index < -0.39 is 0 Å². The molecule has 0 fully saturated rings. The molecule has 0 amide bonds. The molecule has 1 atom stereocenters. The fraction of sp³-hybridized carbons (Fsp3) is 0.188. The van der Waals surface area contributed by atoms with Gasteiger partial charge in [0.2, 0.25) is 0 Å². The number of hydrogen-bond acceptors (Lipinski definition) is 3. The van der Waals surface area contributed by atoms with Crippen LogP contribution in [0, 0.1) is 6.92 Å². The maximum Gasteiger partial charge on any atom is 0.105 e. The maximum atomic E-state index is 5.40. The Morgan fingerprint density at radius 2 is 2.05 bits per heavy atom. The van der Waals surface area contributed by atoms with Gasteiger partial charge < -0.3 is 9.73 Å². The molecule has 0 radical (unpaired) electrons. The van der Waals surface area contributed by atoms with Crippen molar-refractivity contribution in [1.82, 2.24) is 10.3 Å². The largest absolute Gasteiger partial charge is 0.469 e. The summed E-state index contributed by atoms with van der Waals surface area (Å²) >= 11 is 0. The average molecular weight is 252 g/mol. The van der Waals surface area contributed by atoms with E-state index in [1.807, 2.05) is 44.4 Å². The van der Waals surface area contributed by atoms with Gasteiger partial charge in [-0.05, 0) is 37.7 Å². The van der Waals surface area contributed by atoms with Crippen LogP contribution in [0.1, 0.15) is 22.9 Å². The lowest BCUT2D eigenvalue weighted by atomic mass is 9.99. The number of pyridine rings is 1. The minimum atomic E-state index is 0.107. The summed E-state index contributed by atoms with van der Waals surface area (Å²) in [4.78, 5) is 4.52. The molecule has 3 nitrogen and oxygen atoms in total. The summed E-state index contributed by atoms with van der Waals surface area (Å²) in [6, 6.07) is 12.4. The Bertz CT molecular complexity index is 703. The van der Waals surface area contributed by atoms with Crippen molar-refractivity contribution in [3.8, 4) is 0 Å². The van der Waals surface area contributed by atoms with Crippen molar-refractivity contribution in [2.24, 2.45) is 0 Å². The van der Waals surface area contributed by atoms with Crippen molar-refractivity contribution in [3.05, 3.63) is 65.7 Å². The van der Waals surface area contributed by atoms with Gasteiger partial charge >= 0.3 is 0 Å². The number of furan rings is 1. The van der Waals surface area contributed by atoms with E-state index >= 15 is 0 Å². The van der Waals surface area contributed by atoms with E-state index in [4.69, 9.17) is 4.42 Å². The highest BCUT2D eigenvalue weighted by atomic mass is 16.3. The molecule has 0 aliphatic rings. The van der Waals surface area contributed by atoms with Crippen molar-refractivity contribution >= 4 is 10.9 Å². The van der Waals surface area contributed by atoms with E-state index in [1.165, 1.54) is 0 Å². The van der Waals surface area contributed by atoms with Crippen molar-refractivity contribution in [3.63, 3.8) is 0 Å². The second-order valence-corrected chi connectivity index (χ2v) is 4.62. The monoisotopic (exact) mass is 252 g/mol. The zero-order chi connectivity index (χ0) is 13.2.